The highest BCUT2D eigenvalue weighted by Crippen LogP contribution is 2.50. The number of phenols is 1. The van der Waals surface area contributed by atoms with Gasteiger partial charge in [-0.3, -0.25) is 4.79 Å². The number of nitrogens with zero attached hydrogens (tertiary/aromatic N) is 2. The van der Waals surface area contributed by atoms with Crippen LogP contribution in [0, 0.1) is 0 Å². The Kier molecular flexibility index (Phi) is 4.20. The Morgan fingerprint density at radius 1 is 1.00 bits per heavy atom. The molecule has 0 spiro atoms. The highest BCUT2D eigenvalue weighted by Gasteiger charge is 2.53. The molecule has 0 aromatic heterocycles. The van der Waals surface area contributed by atoms with Crippen LogP contribution in [-0.2, 0) is 10.2 Å². The number of phenolic OH excluding ortho intramolecular Hbond substituents is 1. The maximum Gasteiger partial charge on any atom is 0.233 e. The summed E-state index contributed by atoms with van der Waals surface area (Å²) in [6.45, 7) is 3.04. The standard InChI is InChI=1S/C20H21BrN2O2/c21-16-4-1-3-15(13-16)20(7-8-20)19(25)23-11-9-22(10-12-23)17-5-2-6-18(24)14-17/h1-6,13-14,24H,7-12H2. The molecule has 1 saturated heterocycles. The third kappa shape index (κ3) is 3.13. The first-order valence-electron chi connectivity index (χ1n) is 8.68. The van der Waals surface area contributed by atoms with Crippen molar-refractivity contribution in [1.29, 1.82) is 0 Å². The average molecular weight is 401 g/mol. The number of carbonyl (C=O) groups is 1. The van der Waals surface area contributed by atoms with Crippen molar-refractivity contribution in [3.63, 3.8) is 0 Å². The zero-order chi connectivity index (χ0) is 17.4. The summed E-state index contributed by atoms with van der Waals surface area (Å²) in [4.78, 5) is 17.4. The van der Waals surface area contributed by atoms with Crippen molar-refractivity contribution in [2.45, 2.75) is 18.3 Å². The maximum atomic E-state index is 13.1. The molecular weight excluding hydrogens is 380 g/mol. The summed E-state index contributed by atoms with van der Waals surface area (Å²) in [6, 6.07) is 15.5. The number of halogens is 1. The predicted molar refractivity (Wildman–Crippen MR) is 102 cm³/mol. The monoisotopic (exact) mass is 400 g/mol. The van der Waals surface area contributed by atoms with Gasteiger partial charge in [-0.05, 0) is 42.7 Å². The van der Waals surface area contributed by atoms with Crippen molar-refractivity contribution in [2.24, 2.45) is 0 Å². The van der Waals surface area contributed by atoms with Crippen LogP contribution in [0.2, 0.25) is 0 Å². The minimum atomic E-state index is -0.309. The van der Waals surface area contributed by atoms with E-state index in [1.807, 2.05) is 29.2 Å². The number of rotatable bonds is 3. The van der Waals surface area contributed by atoms with Gasteiger partial charge in [-0.1, -0.05) is 34.1 Å². The van der Waals surface area contributed by atoms with Crippen LogP contribution >= 0.6 is 15.9 Å². The molecule has 2 fully saturated rings. The van der Waals surface area contributed by atoms with E-state index in [0.29, 0.717) is 0 Å². The first-order chi connectivity index (χ1) is 12.1. The number of benzene rings is 2. The van der Waals surface area contributed by atoms with Crippen LogP contribution in [-0.4, -0.2) is 42.1 Å². The van der Waals surface area contributed by atoms with E-state index in [1.54, 1.807) is 12.1 Å². The van der Waals surface area contributed by atoms with Gasteiger partial charge >= 0.3 is 0 Å². The second-order valence-electron chi connectivity index (χ2n) is 6.89. The molecule has 2 aliphatic rings. The molecule has 1 saturated carbocycles. The second kappa shape index (κ2) is 6.37. The largest absolute Gasteiger partial charge is 0.508 e. The molecule has 130 valence electrons. The predicted octanol–water partition coefficient (Wildman–Crippen LogP) is 3.54. The minimum absolute atomic E-state index is 0.265. The maximum absolute atomic E-state index is 13.1. The van der Waals surface area contributed by atoms with E-state index in [0.717, 1.165) is 54.7 Å². The van der Waals surface area contributed by atoms with E-state index in [2.05, 4.69) is 33.0 Å². The van der Waals surface area contributed by atoms with Crippen LogP contribution in [0.25, 0.3) is 0 Å². The van der Waals surface area contributed by atoms with Gasteiger partial charge in [-0.25, -0.2) is 0 Å². The summed E-state index contributed by atoms with van der Waals surface area (Å²) in [5.41, 5.74) is 1.83. The number of amides is 1. The molecule has 0 atom stereocenters. The van der Waals surface area contributed by atoms with Gasteiger partial charge in [0.05, 0.1) is 5.41 Å². The van der Waals surface area contributed by atoms with Gasteiger partial charge in [-0.2, -0.15) is 0 Å². The Bertz CT molecular complexity index is 796. The summed E-state index contributed by atoms with van der Waals surface area (Å²) < 4.78 is 1.03. The van der Waals surface area contributed by atoms with Crippen molar-refractivity contribution in [3.8, 4) is 5.75 Å². The van der Waals surface area contributed by atoms with Crippen LogP contribution in [0.4, 0.5) is 5.69 Å². The molecule has 2 aromatic rings. The van der Waals surface area contributed by atoms with Gasteiger partial charge in [0, 0.05) is 42.4 Å². The van der Waals surface area contributed by atoms with Crippen molar-refractivity contribution >= 4 is 27.5 Å². The van der Waals surface area contributed by atoms with Gasteiger partial charge in [0.15, 0.2) is 0 Å². The number of hydrogen-bond donors (Lipinski definition) is 1. The molecule has 25 heavy (non-hydrogen) atoms. The fraction of sp³-hybridized carbons (Fsp3) is 0.350. The van der Waals surface area contributed by atoms with E-state index >= 15 is 0 Å². The second-order valence-corrected chi connectivity index (χ2v) is 7.81. The topological polar surface area (TPSA) is 43.8 Å². The number of carbonyl (C=O) groups excluding carboxylic acids is 1. The van der Waals surface area contributed by atoms with Gasteiger partial charge in [0.1, 0.15) is 5.75 Å². The molecule has 2 aromatic carbocycles. The van der Waals surface area contributed by atoms with Gasteiger partial charge < -0.3 is 14.9 Å². The van der Waals surface area contributed by atoms with Crippen LogP contribution in [0.5, 0.6) is 5.75 Å². The molecule has 4 nitrogen and oxygen atoms in total. The highest BCUT2D eigenvalue weighted by atomic mass is 79.9. The van der Waals surface area contributed by atoms with E-state index in [-0.39, 0.29) is 17.1 Å². The third-order valence-electron chi connectivity index (χ3n) is 5.30. The Hall–Kier alpha value is -2.01. The summed E-state index contributed by atoms with van der Waals surface area (Å²) >= 11 is 3.52. The zero-order valence-corrected chi connectivity index (χ0v) is 15.6. The van der Waals surface area contributed by atoms with Crippen molar-refractivity contribution < 1.29 is 9.90 Å². The van der Waals surface area contributed by atoms with Crippen LogP contribution in [0.3, 0.4) is 0 Å². The van der Waals surface area contributed by atoms with Crippen LogP contribution < -0.4 is 4.90 Å². The molecule has 1 aliphatic heterocycles. The van der Waals surface area contributed by atoms with E-state index in [1.165, 1.54) is 0 Å². The molecule has 1 N–H and O–H groups in total. The lowest BCUT2D eigenvalue weighted by atomic mass is 9.94. The van der Waals surface area contributed by atoms with Crippen LogP contribution in [0.15, 0.2) is 53.0 Å². The lowest BCUT2D eigenvalue weighted by Gasteiger charge is -2.38. The highest BCUT2D eigenvalue weighted by molar-refractivity contribution is 9.10. The van der Waals surface area contributed by atoms with Crippen molar-refractivity contribution in [3.05, 3.63) is 58.6 Å². The molecule has 1 amide bonds. The third-order valence-corrected chi connectivity index (χ3v) is 5.79. The number of hydrogen-bond acceptors (Lipinski definition) is 3. The van der Waals surface area contributed by atoms with Gasteiger partial charge in [-0.15, -0.1) is 0 Å². The summed E-state index contributed by atoms with van der Waals surface area (Å²) in [5.74, 6) is 0.545. The Morgan fingerprint density at radius 2 is 1.72 bits per heavy atom. The lowest BCUT2D eigenvalue weighted by Crippen LogP contribution is -2.51. The van der Waals surface area contributed by atoms with E-state index in [4.69, 9.17) is 0 Å². The Balaban J connectivity index is 1.45. The fourth-order valence-electron chi connectivity index (χ4n) is 3.70. The number of piperazine rings is 1. The number of aromatic hydroxyl groups is 1. The van der Waals surface area contributed by atoms with Gasteiger partial charge in [0.2, 0.25) is 5.91 Å². The molecular formula is C20H21BrN2O2. The van der Waals surface area contributed by atoms with Crippen LogP contribution in [0.1, 0.15) is 18.4 Å². The lowest BCUT2D eigenvalue weighted by molar-refractivity contribution is -0.134. The SMILES string of the molecule is O=C(N1CCN(c2cccc(O)c2)CC1)C1(c2cccc(Br)c2)CC1. The normalized spacial score (nSPS) is 18.9. The average Bonchev–Trinajstić information content (AvgIpc) is 3.43. The Morgan fingerprint density at radius 3 is 2.36 bits per heavy atom. The summed E-state index contributed by atoms with van der Waals surface area (Å²) in [5, 5.41) is 9.65. The van der Waals surface area contributed by atoms with E-state index < -0.39 is 0 Å². The molecule has 0 bridgehead atoms. The smallest absolute Gasteiger partial charge is 0.233 e. The molecule has 5 heteroatoms. The molecule has 1 aliphatic carbocycles. The Labute approximate surface area is 156 Å². The molecule has 4 rings (SSSR count). The minimum Gasteiger partial charge on any atom is -0.508 e. The number of anilines is 1. The first kappa shape index (κ1) is 16.5. The summed E-state index contributed by atoms with van der Waals surface area (Å²) in [7, 11) is 0. The molecule has 0 radical (unpaired) electrons. The quantitative estimate of drug-likeness (QED) is 0.856. The fourth-order valence-corrected chi connectivity index (χ4v) is 4.10. The first-order valence-corrected chi connectivity index (χ1v) is 9.47. The van der Waals surface area contributed by atoms with Crippen molar-refractivity contribution in [2.75, 3.05) is 31.1 Å². The molecule has 0 unspecified atom stereocenters. The van der Waals surface area contributed by atoms with E-state index in [9.17, 15) is 9.90 Å². The van der Waals surface area contributed by atoms with Gasteiger partial charge in [0.25, 0.3) is 0 Å². The van der Waals surface area contributed by atoms with Crippen molar-refractivity contribution in [1.82, 2.24) is 4.90 Å². The summed E-state index contributed by atoms with van der Waals surface area (Å²) in [6.07, 6.45) is 1.88. The molecule has 1 heterocycles. The zero-order valence-electron chi connectivity index (χ0n) is 14.0.